The van der Waals surface area contributed by atoms with Gasteiger partial charge < -0.3 is 14.4 Å². The maximum absolute atomic E-state index is 11.6. The Morgan fingerprint density at radius 1 is 1.17 bits per heavy atom. The van der Waals surface area contributed by atoms with E-state index in [0.717, 1.165) is 7.11 Å². The first-order chi connectivity index (χ1) is 11.0. The number of benzene rings is 2. The third kappa shape index (κ3) is 3.56. The summed E-state index contributed by atoms with van der Waals surface area (Å²) in [5.41, 5.74) is 1.10. The van der Waals surface area contributed by atoms with Gasteiger partial charge in [0.05, 0.1) is 13.2 Å². The zero-order valence-corrected chi connectivity index (χ0v) is 13.2. The van der Waals surface area contributed by atoms with E-state index in [4.69, 9.17) is 9.39 Å². The van der Waals surface area contributed by atoms with E-state index >= 15 is 0 Å². The van der Waals surface area contributed by atoms with Crippen LogP contribution in [0.2, 0.25) is 0 Å². The van der Waals surface area contributed by atoms with Crippen molar-refractivity contribution in [3.8, 4) is 11.5 Å². The van der Waals surface area contributed by atoms with Crippen molar-refractivity contribution in [3.63, 3.8) is 0 Å². The average Bonchev–Trinajstić information content (AvgIpc) is 2.83. The topological polar surface area (TPSA) is 82.1 Å². The quantitative estimate of drug-likeness (QED) is 0.654. The van der Waals surface area contributed by atoms with Crippen molar-refractivity contribution in [3.05, 3.63) is 54.1 Å². The van der Waals surface area contributed by atoms with Crippen LogP contribution < -0.4 is 10.2 Å². The molecule has 0 amide bonds. The lowest BCUT2D eigenvalue weighted by atomic mass is 9.79. The monoisotopic (exact) mass is 334 g/mol. The second-order valence-corrected chi connectivity index (χ2v) is 6.86. The van der Waals surface area contributed by atoms with Crippen LogP contribution in [0.1, 0.15) is 11.7 Å². The van der Waals surface area contributed by atoms with E-state index in [1.165, 1.54) is 0 Å². The van der Waals surface area contributed by atoms with Crippen molar-refractivity contribution in [2.24, 2.45) is 0 Å². The molecule has 0 bridgehead atoms. The fourth-order valence-corrected chi connectivity index (χ4v) is 3.20. The lowest BCUT2D eigenvalue weighted by Gasteiger charge is -2.12. The van der Waals surface area contributed by atoms with Gasteiger partial charge in [-0.1, -0.05) is 24.3 Å². The van der Waals surface area contributed by atoms with Crippen LogP contribution in [0.5, 0.6) is 11.5 Å². The molecule has 120 valence electrons. The Morgan fingerprint density at radius 2 is 1.91 bits per heavy atom. The van der Waals surface area contributed by atoms with E-state index in [1.807, 2.05) is 30.3 Å². The van der Waals surface area contributed by atoms with Gasteiger partial charge in [0.2, 0.25) is 0 Å². The number of fused-ring (bicyclic) bond motifs is 1. The molecule has 0 fully saturated rings. The van der Waals surface area contributed by atoms with Gasteiger partial charge in [-0.15, -0.1) is 0 Å². The second-order valence-electron chi connectivity index (χ2n) is 5.07. The molecule has 3 rings (SSSR count). The van der Waals surface area contributed by atoms with Gasteiger partial charge in [0.25, 0.3) is 10.1 Å². The average molecular weight is 334 g/mol. The molecular weight excluding hydrogens is 319 g/mol. The molecule has 1 unspecified atom stereocenters. The molecule has 0 saturated carbocycles. The molecule has 1 N–H and O–H groups in total. The Morgan fingerprint density at radius 3 is 2.61 bits per heavy atom. The van der Waals surface area contributed by atoms with Crippen LogP contribution in [0.25, 0.3) is 0 Å². The van der Waals surface area contributed by atoms with Crippen molar-refractivity contribution in [2.45, 2.75) is 6.10 Å². The molecule has 0 saturated heterocycles. The first kappa shape index (κ1) is 16.0. The van der Waals surface area contributed by atoms with Gasteiger partial charge in [0.15, 0.2) is 0 Å². The molecule has 0 aliphatic carbocycles. The van der Waals surface area contributed by atoms with Crippen LogP contribution in [0.15, 0.2) is 48.5 Å². The van der Waals surface area contributed by atoms with E-state index in [2.05, 4.69) is 4.18 Å². The lowest BCUT2D eigenvalue weighted by Crippen LogP contribution is -2.28. The molecule has 1 aliphatic rings. The third-order valence-corrected chi connectivity index (χ3v) is 4.77. The molecule has 8 heteroatoms. The highest BCUT2D eigenvalue weighted by atomic mass is 32.2. The molecular formula is C15H15BO6S. The van der Waals surface area contributed by atoms with Crippen molar-refractivity contribution in [1.29, 1.82) is 0 Å². The van der Waals surface area contributed by atoms with E-state index < -0.39 is 23.3 Å². The summed E-state index contributed by atoms with van der Waals surface area (Å²) in [6.07, 6.45) is -0.768. The van der Waals surface area contributed by atoms with Gasteiger partial charge in [0.1, 0.15) is 17.3 Å². The van der Waals surface area contributed by atoms with Crippen molar-refractivity contribution in [2.75, 3.05) is 12.9 Å². The van der Waals surface area contributed by atoms with E-state index in [-0.39, 0.29) is 5.75 Å². The maximum atomic E-state index is 11.6. The summed E-state index contributed by atoms with van der Waals surface area (Å²) in [7, 11) is -3.79. The molecule has 1 heterocycles. The fourth-order valence-electron chi connectivity index (χ4n) is 2.43. The van der Waals surface area contributed by atoms with Crippen LogP contribution >= 0.6 is 0 Å². The standard InChI is InChI=1S/C15H15BO6S/c1-20-23(18,19)10-15-13-8-7-12(9-14(13)16(17)22-15)21-11-5-3-2-4-6-11/h2-9,15,17H,10H2,1H3. The van der Waals surface area contributed by atoms with Crippen molar-refractivity contribution >= 4 is 22.7 Å². The minimum Gasteiger partial charge on any atom is -0.457 e. The van der Waals surface area contributed by atoms with Crippen LogP contribution in [-0.4, -0.2) is 33.4 Å². The summed E-state index contributed by atoms with van der Waals surface area (Å²) in [6.45, 7) is 0. The van der Waals surface area contributed by atoms with Gasteiger partial charge in [-0.05, 0) is 35.3 Å². The van der Waals surface area contributed by atoms with Gasteiger partial charge in [-0.3, -0.25) is 4.18 Å². The second kappa shape index (κ2) is 6.33. The van der Waals surface area contributed by atoms with Gasteiger partial charge in [-0.25, -0.2) is 0 Å². The Balaban J connectivity index is 1.84. The lowest BCUT2D eigenvalue weighted by molar-refractivity contribution is 0.207. The van der Waals surface area contributed by atoms with Gasteiger partial charge in [-0.2, -0.15) is 8.42 Å². The van der Waals surface area contributed by atoms with Gasteiger partial charge >= 0.3 is 7.12 Å². The highest BCUT2D eigenvalue weighted by Gasteiger charge is 2.37. The fraction of sp³-hybridized carbons (Fsp3) is 0.200. The predicted molar refractivity (Wildman–Crippen MR) is 85.2 cm³/mol. The summed E-state index contributed by atoms with van der Waals surface area (Å²) < 4.78 is 38.6. The van der Waals surface area contributed by atoms with Gasteiger partial charge in [0, 0.05) is 0 Å². The Hall–Kier alpha value is -1.87. The zero-order valence-electron chi connectivity index (χ0n) is 12.4. The highest BCUT2D eigenvalue weighted by molar-refractivity contribution is 7.86. The zero-order chi connectivity index (χ0) is 16.4. The highest BCUT2D eigenvalue weighted by Crippen LogP contribution is 2.29. The molecule has 1 aliphatic heterocycles. The Bertz CT molecular complexity index is 793. The molecule has 0 spiro atoms. The molecule has 23 heavy (non-hydrogen) atoms. The molecule has 6 nitrogen and oxygen atoms in total. The smallest absolute Gasteiger partial charge is 0.457 e. The summed E-state index contributed by atoms with van der Waals surface area (Å²) in [5, 5.41) is 10.00. The van der Waals surface area contributed by atoms with E-state index in [1.54, 1.807) is 18.2 Å². The maximum Gasteiger partial charge on any atom is 0.492 e. The summed E-state index contributed by atoms with van der Waals surface area (Å²) in [4.78, 5) is 0. The van der Waals surface area contributed by atoms with Crippen molar-refractivity contribution < 1.29 is 27.0 Å². The molecule has 2 aromatic rings. The SMILES string of the molecule is COS(=O)(=O)CC1OB(O)c2cc(Oc3ccccc3)ccc21. The summed E-state index contributed by atoms with van der Waals surface area (Å²) in [6, 6.07) is 14.3. The van der Waals surface area contributed by atoms with Crippen LogP contribution in [-0.2, 0) is 19.0 Å². The predicted octanol–water partition coefficient (Wildman–Crippen LogP) is 1.21. The molecule has 2 aromatic carbocycles. The van der Waals surface area contributed by atoms with Crippen LogP contribution in [0.4, 0.5) is 0 Å². The molecule has 0 aromatic heterocycles. The minimum atomic E-state index is -3.70. The van der Waals surface area contributed by atoms with E-state index in [9.17, 15) is 13.4 Å². The third-order valence-electron chi connectivity index (χ3n) is 3.55. The first-order valence-corrected chi connectivity index (χ1v) is 8.55. The van der Waals surface area contributed by atoms with Crippen LogP contribution in [0.3, 0.4) is 0 Å². The molecule has 0 radical (unpaired) electrons. The molecule has 1 atom stereocenters. The summed E-state index contributed by atoms with van der Waals surface area (Å²) in [5.74, 6) is 0.846. The number of ether oxygens (including phenoxy) is 1. The number of rotatable bonds is 5. The van der Waals surface area contributed by atoms with E-state index in [0.29, 0.717) is 22.5 Å². The number of hydrogen-bond donors (Lipinski definition) is 1. The minimum absolute atomic E-state index is 0.355. The number of hydrogen-bond acceptors (Lipinski definition) is 6. The normalized spacial score (nSPS) is 17.1. The largest absolute Gasteiger partial charge is 0.492 e. The van der Waals surface area contributed by atoms with Crippen molar-refractivity contribution in [1.82, 2.24) is 0 Å². The Kier molecular flexibility index (Phi) is 4.40. The first-order valence-electron chi connectivity index (χ1n) is 6.97. The Labute approximate surface area is 134 Å². The summed E-state index contributed by atoms with van der Waals surface area (Å²) >= 11 is 0. The van der Waals surface area contributed by atoms with Crippen LogP contribution in [0, 0.1) is 0 Å². The number of para-hydroxylation sites is 1.